The second-order valence-electron chi connectivity index (χ2n) is 5.28. The van der Waals surface area contributed by atoms with Crippen LogP contribution in [0.5, 0.6) is 6.01 Å². The van der Waals surface area contributed by atoms with Gasteiger partial charge in [-0.3, -0.25) is 4.90 Å². The van der Waals surface area contributed by atoms with Crippen LogP contribution in [0.2, 0.25) is 5.28 Å². The van der Waals surface area contributed by atoms with E-state index in [0.29, 0.717) is 12.6 Å². The Hall–Kier alpha value is -1.14. The minimum Gasteiger partial charge on any atom is -0.464 e. The molecule has 0 amide bonds. The summed E-state index contributed by atoms with van der Waals surface area (Å²) < 4.78 is 5.31. The number of ether oxygens (including phenoxy) is 1. The summed E-state index contributed by atoms with van der Waals surface area (Å²) in [5.74, 6) is 0.588. The average Bonchev–Trinajstić information content (AvgIpc) is 2.32. The number of hydrogen-bond acceptors (Lipinski definition) is 6. The lowest BCUT2D eigenvalue weighted by molar-refractivity contribution is 0.138. The first kappa shape index (κ1) is 14.3. The fourth-order valence-electron chi connectivity index (χ4n) is 2.07. The molecule has 1 fully saturated rings. The molecule has 1 aromatic rings. The van der Waals surface area contributed by atoms with Crippen LogP contribution in [-0.2, 0) is 0 Å². The summed E-state index contributed by atoms with van der Waals surface area (Å²) in [5, 5.41) is 0.171. The minimum atomic E-state index is 0.0726. The summed E-state index contributed by atoms with van der Waals surface area (Å²) >= 11 is 5.93. The minimum absolute atomic E-state index is 0.0726. The van der Waals surface area contributed by atoms with E-state index < -0.39 is 0 Å². The van der Waals surface area contributed by atoms with Crippen LogP contribution in [0, 0.1) is 0 Å². The number of anilines is 1. The van der Waals surface area contributed by atoms with E-state index >= 15 is 0 Å². The Morgan fingerprint density at radius 3 is 2.63 bits per heavy atom. The first-order valence-electron chi connectivity index (χ1n) is 6.43. The molecule has 0 spiro atoms. The van der Waals surface area contributed by atoms with Gasteiger partial charge >= 0.3 is 6.01 Å². The van der Waals surface area contributed by atoms with E-state index in [1.165, 1.54) is 0 Å². The van der Waals surface area contributed by atoms with Crippen molar-refractivity contribution >= 4 is 17.5 Å². The molecule has 0 saturated carbocycles. The van der Waals surface area contributed by atoms with Gasteiger partial charge in [0.25, 0.3) is 0 Å². The van der Waals surface area contributed by atoms with Crippen LogP contribution >= 0.6 is 11.6 Å². The molecule has 0 radical (unpaired) electrons. The van der Waals surface area contributed by atoms with E-state index in [2.05, 4.69) is 45.6 Å². The molecule has 0 N–H and O–H groups in total. The highest BCUT2D eigenvalue weighted by Gasteiger charge is 2.32. The lowest BCUT2D eigenvalue weighted by Crippen LogP contribution is -2.58. The molecule has 1 aliphatic rings. The van der Waals surface area contributed by atoms with E-state index in [1.807, 2.05) is 6.92 Å². The van der Waals surface area contributed by atoms with Crippen molar-refractivity contribution in [2.45, 2.75) is 26.3 Å². The molecule has 7 heteroatoms. The quantitative estimate of drug-likeness (QED) is 0.838. The highest BCUT2D eigenvalue weighted by molar-refractivity contribution is 6.28. The molecule has 2 rings (SSSR count). The largest absolute Gasteiger partial charge is 0.464 e. The van der Waals surface area contributed by atoms with Gasteiger partial charge in [-0.1, -0.05) is 0 Å². The van der Waals surface area contributed by atoms with Crippen LogP contribution in [0.4, 0.5) is 5.95 Å². The molecule has 106 valence electrons. The van der Waals surface area contributed by atoms with Gasteiger partial charge in [0.05, 0.1) is 6.61 Å². The average molecular weight is 286 g/mol. The molecular formula is C12H20ClN5O. The Balaban J connectivity index is 2.22. The molecule has 0 aliphatic carbocycles. The van der Waals surface area contributed by atoms with Gasteiger partial charge in [0.1, 0.15) is 0 Å². The zero-order valence-electron chi connectivity index (χ0n) is 11.9. The van der Waals surface area contributed by atoms with Crippen molar-refractivity contribution in [1.29, 1.82) is 0 Å². The molecule has 0 aromatic carbocycles. The van der Waals surface area contributed by atoms with Crippen molar-refractivity contribution in [3.8, 4) is 6.01 Å². The maximum Gasteiger partial charge on any atom is 0.322 e. The molecule has 1 aromatic heterocycles. The molecule has 0 unspecified atom stereocenters. The number of likely N-dealkylation sites (N-methyl/N-ethyl adjacent to an activating group) is 1. The van der Waals surface area contributed by atoms with Crippen molar-refractivity contribution in [2.24, 2.45) is 0 Å². The highest BCUT2D eigenvalue weighted by Crippen LogP contribution is 2.23. The smallest absolute Gasteiger partial charge is 0.322 e. The summed E-state index contributed by atoms with van der Waals surface area (Å²) in [7, 11) is 2.13. The summed E-state index contributed by atoms with van der Waals surface area (Å²) in [6.45, 7) is 9.46. The normalized spacial score (nSPS) is 19.5. The van der Waals surface area contributed by atoms with Crippen LogP contribution in [0.15, 0.2) is 0 Å². The van der Waals surface area contributed by atoms with Crippen molar-refractivity contribution < 1.29 is 4.74 Å². The van der Waals surface area contributed by atoms with Crippen molar-refractivity contribution in [2.75, 3.05) is 38.2 Å². The maximum absolute atomic E-state index is 5.93. The van der Waals surface area contributed by atoms with Gasteiger partial charge in [-0.15, -0.1) is 0 Å². The van der Waals surface area contributed by atoms with Gasteiger partial charge in [-0.25, -0.2) is 0 Å². The van der Waals surface area contributed by atoms with E-state index in [0.717, 1.165) is 19.6 Å². The Kier molecular flexibility index (Phi) is 4.10. The summed E-state index contributed by atoms with van der Waals surface area (Å²) in [6.07, 6.45) is 0. The highest BCUT2D eigenvalue weighted by atomic mass is 35.5. The van der Waals surface area contributed by atoms with Gasteiger partial charge in [0, 0.05) is 25.2 Å². The van der Waals surface area contributed by atoms with Gasteiger partial charge in [0.15, 0.2) is 0 Å². The molecule has 1 saturated heterocycles. The van der Waals surface area contributed by atoms with Gasteiger partial charge < -0.3 is 9.64 Å². The van der Waals surface area contributed by atoms with Gasteiger partial charge in [0.2, 0.25) is 11.2 Å². The van der Waals surface area contributed by atoms with Crippen molar-refractivity contribution in [1.82, 2.24) is 19.9 Å². The predicted octanol–water partition coefficient (Wildman–Crippen LogP) is 1.45. The first-order valence-corrected chi connectivity index (χ1v) is 6.81. The van der Waals surface area contributed by atoms with E-state index in [4.69, 9.17) is 16.3 Å². The SMILES string of the molecule is CCOc1nc(Cl)nc(N2CCN(C)C(C)(C)C2)n1. The molecule has 0 bridgehead atoms. The predicted molar refractivity (Wildman–Crippen MR) is 74.9 cm³/mol. The Bertz CT molecular complexity index is 454. The number of nitrogens with zero attached hydrogens (tertiary/aromatic N) is 5. The fourth-order valence-corrected chi connectivity index (χ4v) is 2.22. The van der Waals surface area contributed by atoms with Crippen LogP contribution in [0.1, 0.15) is 20.8 Å². The standard InChI is InChI=1S/C12H20ClN5O/c1-5-19-11-15-9(13)14-10(16-11)18-7-6-17(4)12(2,3)8-18/h5-8H2,1-4H3. The molecule has 19 heavy (non-hydrogen) atoms. The summed E-state index contributed by atoms with van der Waals surface area (Å²) in [6, 6.07) is 0.286. The molecule has 0 atom stereocenters. The zero-order chi connectivity index (χ0) is 14.0. The molecule has 1 aliphatic heterocycles. The molecule has 2 heterocycles. The lowest BCUT2D eigenvalue weighted by Gasteiger charge is -2.45. The summed E-state index contributed by atoms with van der Waals surface area (Å²) in [5.41, 5.74) is 0.0726. The number of piperazine rings is 1. The van der Waals surface area contributed by atoms with Crippen molar-refractivity contribution in [3.05, 3.63) is 5.28 Å². The van der Waals surface area contributed by atoms with Crippen LogP contribution in [0.3, 0.4) is 0 Å². The van der Waals surface area contributed by atoms with Crippen molar-refractivity contribution in [3.63, 3.8) is 0 Å². The van der Waals surface area contributed by atoms with E-state index in [9.17, 15) is 0 Å². The number of halogens is 1. The second-order valence-corrected chi connectivity index (χ2v) is 5.61. The van der Waals surface area contributed by atoms with Crippen LogP contribution in [-0.4, -0.2) is 58.7 Å². The van der Waals surface area contributed by atoms with Crippen LogP contribution in [0.25, 0.3) is 0 Å². The molecule has 6 nitrogen and oxygen atoms in total. The monoisotopic (exact) mass is 285 g/mol. The Labute approximate surface area is 118 Å². The third kappa shape index (κ3) is 3.25. The molecular weight excluding hydrogens is 266 g/mol. The first-order chi connectivity index (χ1) is 8.92. The third-order valence-corrected chi connectivity index (χ3v) is 3.62. The van der Waals surface area contributed by atoms with E-state index in [1.54, 1.807) is 0 Å². The number of rotatable bonds is 3. The maximum atomic E-state index is 5.93. The summed E-state index contributed by atoms with van der Waals surface area (Å²) in [4.78, 5) is 16.9. The van der Waals surface area contributed by atoms with Crippen LogP contribution < -0.4 is 9.64 Å². The zero-order valence-corrected chi connectivity index (χ0v) is 12.6. The second kappa shape index (κ2) is 5.46. The fraction of sp³-hybridized carbons (Fsp3) is 0.750. The Morgan fingerprint density at radius 1 is 1.26 bits per heavy atom. The Morgan fingerprint density at radius 2 is 2.00 bits per heavy atom. The lowest BCUT2D eigenvalue weighted by atomic mass is 10.0. The topological polar surface area (TPSA) is 54.4 Å². The van der Waals surface area contributed by atoms with E-state index in [-0.39, 0.29) is 16.8 Å². The van der Waals surface area contributed by atoms with Gasteiger partial charge in [-0.2, -0.15) is 15.0 Å². The number of aromatic nitrogens is 3. The van der Waals surface area contributed by atoms with Gasteiger partial charge in [-0.05, 0) is 39.4 Å². The number of hydrogen-bond donors (Lipinski definition) is 0. The third-order valence-electron chi connectivity index (χ3n) is 3.45.